The van der Waals surface area contributed by atoms with Crippen LogP contribution in [0.2, 0.25) is 0 Å². The highest BCUT2D eigenvalue weighted by Crippen LogP contribution is 2.36. The van der Waals surface area contributed by atoms with Gasteiger partial charge in [0.05, 0.1) is 6.61 Å². The van der Waals surface area contributed by atoms with E-state index >= 15 is 0 Å². The highest BCUT2D eigenvalue weighted by atomic mass is 16.5. The summed E-state index contributed by atoms with van der Waals surface area (Å²) < 4.78 is 4.99. The largest absolute Gasteiger partial charge is 0.481 e. The van der Waals surface area contributed by atoms with Crippen LogP contribution in [0.4, 0.5) is 0 Å². The molecule has 0 spiro atoms. The Morgan fingerprint density at radius 2 is 1.83 bits per heavy atom. The molecule has 2 aromatic rings. The van der Waals surface area contributed by atoms with Crippen molar-refractivity contribution in [1.82, 2.24) is 4.98 Å². The maximum absolute atomic E-state index is 10.9. The van der Waals surface area contributed by atoms with Crippen LogP contribution in [0.1, 0.15) is 56.2 Å². The first-order chi connectivity index (χ1) is 14.5. The molecule has 0 amide bonds. The van der Waals surface area contributed by atoms with Crippen molar-refractivity contribution in [2.45, 2.75) is 44.9 Å². The number of rotatable bonds is 6. The molecule has 0 aliphatic heterocycles. The molecule has 0 radical (unpaired) electrons. The van der Waals surface area contributed by atoms with E-state index in [1.165, 1.54) is 0 Å². The number of aliphatic imine (C=N–C) groups is 1. The Kier molecular flexibility index (Phi) is 7.17. The van der Waals surface area contributed by atoms with Crippen LogP contribution in [-0.4, -0.2) is 34.5 Å². The van der Waals surface area contributed by atoms with Crippen molar-refractivity contribution in [2.24, 2.45) is 16.6 Å². The second-order valence-corrected chi connectivity index (χ2v) is 7.60. The highest BCUT2D eigenvalue weighted by Gasteiger charge is 2.24. The minimum Gasteiger partial charge on any atom is -0.481 e. The number of carbonyl (C=O) groups is 1. The van der Waals surface area contributed by atoms with Crippen molar-refractivity contribution in [2.75, 3.05) is 6.61 Å². The molecule has 0 unspecified atom stereocenters. The van der Waals surface area contributed by atoms with Gasteiger partial charge in [0.25, 0.3) is 0 Å². The minimum absolute atomic E-state index is 0.198. The van der Waals surface area contributed by atoms with Gasteiger partial charge in [0, 0.05) is 35.4 Å². The Morgan fingerprint density at radius 1 is 1.17 bits per heavy atom. The molecule has 0 atom stereocenters. The summed E-state index contributed by atoms with van der Waals surface area (Å²) in [5.74, 6) is 0.243. The number of benzene rings is 1. The maximum atomic E-state index is 10.9. The van der Waals surface area contributed by atoms with E-state index in [4.69, 9.17) is 21.0 Å². The SMILES string of the molecule is CCOC(=N)/N=C(\N)c1ccc(-c2ccc(C3CCC(CC(=O)O)CC3)nc2)cc1. The van der Waals surface area contributed by atoms with Gasteiger partial charge in [-0.05, 0) is 50.2 Å². The molecule has 1 aromatic carbocycles. The van der Waals surface area contributed by atoms with Crippen LogP contribution in [0.3, 0.4) is 0 Å². The number of nitrogens with one attached hydrogen (secondary N) is 1. The van der Waals surface area contributed by atoms with Crippen LogP contribution in [0.5, 0.6) is 0 Å². The van der Waals surface area contributed by atoms with Crippen LogP contribution in [0.15, 0.2) is 47.6 Å². The number of amidine groups is 2. The van der Waals surface area contributed by atoms with Crippen molar-refractivity contribution >= 4 is 17.8 Å². The zero-order chi connectivity index (χ0) is 21.5. The van der Waals surface area contributed by atoms with E-state index < -0.39 is 5.97 Å². The molecule has 1 aromatic heterocycles. The van der Waals surface area contributed by atoms with Gasteiger partial charge >= 0.3 is 12.0 Å². The second kappa shape index (κ2) is 10.0. The zero-order valence-electron chi connectivity index (χ0n) is 17.2. The molecule has 1 aliphatic carbocycles. The third-order valence-electron chi connectivity index (χ3n) is 5.53. The second-order valence-electron chi connectivity index (χ2n) is 7.60. The summed E-state index contributed by atoms with van der Waals surface area (Å²) in [6.07, 6.45) is 6.05. The van der Waals surface area contributed by atoms with E-state index in [1.54, 1.807) is 6.92 Å². The number of carboxylic acids is 1. The maximum Gasteiger partial charge on any atom is 0.310 e. The van der Waals surface area contributed by atoms with Crippen molar-refractivity contribution in [3.8, 4) is 11.1 Å². The van der Waals surface area contributed by atoms with Gasteiger partial charge in [-0.2, -0.15) is 4.99 Å². The molecule has 1 saturated carbocycles. The van der Waals surface area contributed by atoms with Gasteiger partial charge in [-0.15, -0.1) is 0 Å². The first-order valence-electron chi connectivity index (χ1n) is 10.3. The molecule has 7 heteroatoms. The number of hydrogen-bond acceptors (Lipinski definition) is 4. The topological polar surface area (TPSA) is 122 Å². The van der Waals surface area contributed by atoms with E-state index in [2.05, 4.69) is 22.1 Å². The summed E-state index contributed by atoms with van der Waals surface area (Å²) >= 11 is 0. The molecule has 7 nitrogen and oxygen atoms in total. The third kappa shape index (κ3) is 5.65. The summed E-state index contributed by atoms with van der Waals surface area (Å²) in [6, 6.07) is 11.6. The van der Waals surface area contributed by atoms with Gasteiger partial charge in [-0.1, -0.05) is 30.3 Å². The summed E-state index contributed by atoms with van der Waals surface area (Å²) in [4.78, 5) is 19.5. The Labute approximate surface area is 176 Å². The normalized spacial score (nSPS) is 19.3. The lowest BCUT2D eigenvalue weighted by Crippen LogP contribution is -2.17. The van der Waals surface area contributed by atoms with Crippen LogP contribution in [0, 0.1) is 11.3 Å². The Bertz CT molecular complexity index is 899. The Morgan fingerprint density at radius 3 is 2.40 bits per heavy atom. The monoisotopic (exact) mass is 408 g/mol. The van der Waals surface area contributed by atoms with Crippen LogP contribution < -0.4 is 5.73 Å². The van der Waals surface area contributed by atoms with E-state index in [0.717, 1.165) is 48.1 Å². The van der Waals surface area contributed by atoms with Gasteiger partial charge in [-0.25, -0.2) is 5.41 Å². The molecule has 0 bridgehead atoms. The summed E-state index contributed by atoms with van der Waals surface area (Å²) in [5.41, 5.74) is 9.78. The van der Waals surface area contributed by atoms with E-state index in [1.807, 2.05) is 30.5 Å². The van der Waals surface area contributed by atoms with Gasteiger partial charge in [-0.3, -0.25) is 9.78 Å². The number of hydrogen-bond donors (Lipinski definition) is 3. The highest BCUT2D eigenvalue weighted by molar-refractivity contribution is 6.03. The van der Waals surface area contributed by atoms with Crippen LogP contribution in [-0.2, 0) is 9.53 Å². The number of pyridine rings is 1. The smallest absolute Gasteiger partial charge is 0.310 e. The van der Waals surface area contributed by atoms with Crippen molar-refractivity contribution in [3.05, 3.63) is 53.9 Å². The molecule has 0 saturated heterocycles. The van der Waals surface area contributed by atoms with Crippen LogP contribution in [0.25, 0.3) is 11.1 Å². The fraction of sp³-hybridized carbons (Fsp3) is 0.391. The van der Waals surface area contributed by atoms with Gasteiger partial charge in [0.2, 0.25) is 0 Å². The zero-order valence-corrected chi connectivity index (χ0v) is 17.2. The first kappa shape index (κ1) is 21.5. The molecule has 3 rings (SSSR count). The summed E-state index contributed by atoms with van der Waals surface area (Å²) in [7, 11) is 0. The number of carboxylic acid groups (broad SMARTS) is 1. The molecule has 30 heavy (non-hydrogen) atoms. The molecule has 1 aliphatic rings. The minimum atomic E-state index is -0.701. The molecular weight excluding hydrogens is 380 g/mol. The fourth-order valence-electron chi connectivity index (χ4n) is 3.90. The summed E-state index contributed by atoms with van der Waals surface area (Å²) in [5, 5.41) is 16.5. The Balaban J connectivity index is 1.62. The number of aliphatic carboxylic acids is 1. The van der Waals surface area contributed by atoms with Crippen molar-refractivity contribution < 1.29 is 14.6 Å². The predicted octanol–water partition coefficient (Wildman–Crippen LogP) is 4.17. The number of ether oxygens (including phenoxy) is 1. The average Bonchev–Trinajstić information content (AvgIpc) is 2.74. The third-order valence-corrected chi connectivity index (χ3v) is 5.53. The molecular formula is C23H28N4O3. The van der Waals surface area contributed by atoms with Gasteiger partial charge in [0.1, 0.15) is 5.84 Å². The Hall–Kier alpha value is -3.22. The van der Waals surface area contributed by atoms with E-state index in [9.17, 15) is 4.79 Å². The lowest BCUT2D eigenvalue weighted by atomic mass is 9.79. The number of aromatic nitrogens is 1. The fourth-order valence-corrected chi connectivity index (χ4v) is 3.90. The molecule has 158 valence electrons. The lowest BCUT2D eigenvalue weighted by molar-refractivity contribution is -0.138. The number of nitrogens with two attached hydrogens (primary N) is 1. The molecule has 1 fully saturated rings. The number of nitrogens with zero attached hydrogens (tertiary/aromatic N) is 2. The quantitative estimate of drug-likeness (QED) is 0.489. The van der Waals surface area contributed by atoms with Crippen LogP contribution >= 0.6 is 0 Å². The first-order valence-corrected chi connectivity index (χ1v) is 10.3. The van der Waals surface area contributed by atoms with E-state index in [-0.39, 0.29) is 18.3 Å². The average molecular weight is 409 g/mol. The lowest BCUT2D eigenvalue weighted by Gasteiger charge is -2.27. The van der Waals surface area contributed by atoms with Gasteiger partial charge < -0.3 is 15.6 Å². The molecule has 4 N–H and O–H groups in total. The van der Waals surface area contributed by atoms with Crippen molar-refractivity contribution in [1.29, 1.82) is 5.41 Å². The summed E-state index contributed by atoms with van der Waals surface area (Å²) in [6.45, 7) is 2.17. The van der Waals surface area contributed by atoms with Gasteiger partial charge in [0.15, 0.2) is 0 Å². The standard InChI is InChI=1S/C23H28N4O3/c1-2-30-23(25)27-22(24)18-9-7-16(8-10-18)19-11-12-20(26-14-19)17-5-3-15(4-6-17)13-21(28)29/h7-12,14-15,17H,2-6,13H2,1H3,(H,28,29)(H3,24,25,27). The van der Waals surface area contributed by atoms with Crippen molar-refractivity contribution in [3.63, 3.8) is 0 Å². The molecule has 1 heterocycles. The van der Waals surface area contributed by atoms with E-state index in [0.29, 0.717) is 18.4 Å². The predicted molar refractivity (Wildman–Crippen MR) is 117 cm³/mol.